The van der Waals surface area contributed by atoms with Gasteiger partial charge < -0.3 is 10.4 Å². The lowest BCUT2D eigenvalue weighted by molar-refractivity contribution is -0.132. The van der Waals surface area contributed by atoms with E-state index in [2.05, 4.69) is 5.32 Å². The Bertz CT molecular complexity index is 248. The lowest BCUT2D eigenvalue weighted by Gasteiger charge is -2.37. The van der Waals surface area contributed by atoms with Gasteiger partial charge >= 0.3 is 6.09 Å². The van der Waals surface area contributed by atoms with Crippen LogP contribution in [0.2, 0.25) is 0 Å². The highest BCUT2D eigenvalue weighted by Crippen LogP contribution is 2.36. The van der Waals surface area contributed by atoms with Crippen molar-refractivity contribution in [3.8, 4) is 0 Å². The van der Waals surface area contributed by atoms with Gasteiger partial charge in [0, 0.05) is 17.9 Å². The maximum atomic E-state index is 11.7. The van der Waals surface area contributed by atoms with Gasteiger partial charge in [-0.3, -0.25) is 4.79 Å². The standard InChI is InChI=1S/C10H15NO3/c12-9-6-2-1-3-7(9)5-8(4-6)11-10(13)14/h6-8,11H,1-5H2,(H,13,14)/t6-,7+,8-. The minimum atomic E-state index is -0.970. The minimum Gasteiger partial charge on any atom is -0.465 e. The average molecular weight is 197 g/mol. The Morgan fingerprint density at radius 1 is 1.29 bits per heavy atom. The Kier molecular flexibility index (Phi) is 2.44. The van der Waals surface area contributed by atoms with Gasteiger partial charge in [0.25, 0.3) is 0 Å². The second kappa shape index (κ2) is 3.59. The summed E-state index contributed by atoms with van der Waals surface area (Å²) in [5.74, 6) is 0.624. The normalized spacial score (nSPS) is 36.6. The number of Topliss-reactive ketones (excluding diaryl/α,β-unsaturated/α-hetero) is 1. The predicted molar refractivity (Wildman–Crippen MR) is 50.0 cm³/mol. The Morgan fingerprint density at radius 3 is 2.36 bits per heavy atom. The third-order valence-corrected chi connectivity index (χ3v) is 3.38. The van der Waals surface area contributed by atoms with Gasteiger partial charge in [0.2, 0.25) is 0 Å². The van der Waals surface area contributed by atoms with Crippen LogP contribution in [0, 0.1) is 11.8 Å². The van der Waals surface area contributed by atoms with Gasteiger partial charge in [-0.05, 0) is 25.7 Å². The van der Waals surface area contributed by atoms with Crippen molar-refractivity contribution in [2.45, 2.75) is 38.1 Å². The SMILES string of the molecule is O=C(O)N[C@@H]1C[C@H]2CCC[C@@H](C1)C2=O. The zero-order chi connectivity index (χ0) is 10.1. The Balaban J connectivity index is 2.00. The van der Waals surface area contributed by atoms with Gasteiger partial charge in [-0.2, -0.15) is 0 Å². The maximum absolute atomic E-state index is 11.7. The van der Waals surface area contributed by atoms with Crippen LogP contribution in [0.3, 0.4) is 0 Å². The fourth-order valence-electron chi connectivity index (χ4n) is 2.77. The Labute approximate surface area is 82.7 Å². The monoisotopic (exact) mass is 197 g/mol. The van der Waals surface area contributed by atoms with E-state index >= 15 is 0 Å². The van der Waals surface area contributed by atoms with Crippen LogP contribution in [0.25, 0.3) is 0 Å². The van der Waals surface area contributed by atoms with E-state index in [1.165, 1.54) is 0 Å². The highest BCUT2D eigenvalue weighted by molar-refractivity contribution is 5.85. The van der Waals surface area contributed by atoms with Crippen molar-refractivity contribution < 1.29 is 14.7 Å². The number of carboxylic acid groups (broad SMARTS) is 1. The first-order chi connectivity index (χ1) is 6.66. The summed E-state index contributed by atoms with van der Waals surface area (Å²) >= 11 is 0. The van der Waals surface area contributed by atoms with E-state index in [-0.39, 0.29) is 17.9 Å². The van der Waals surface area contributed by atoms with Crippen molar-refractivity contribution in [1.82, 2.24) is 5.32 Å². The quantitative estimate of drug-likeness (QED) is 0.667. The number of ketones is 1. The number of hydrogen-bond donors (Lipinski definition) is 2. The molecule has 0 radical (unpaired) electrons. The fourth-order valence-corrected chi connectivity index (χ4v) is 2.77. The molecule has 1 amide bonds. The van der Waals surface area contributed by atoms with Gasteiger partial charge in [0.15, 0.2) is 0 Å². The van der Waals surface area contributed by atoms with Crippen LogP contribution in [-0.4, -0.2) is 23.0 Å². The molecule has 3 atom stereocenters. The van der Waals surface area contributed by atoms with Crippen LogP contribution in [0.4, 0.5) is 4.79 Å². The largest absolute Gasteiger partial charge is 0.465 e. The van der Waals surface area contributed by atoms with Crippen molar-refractivity contribution in [3.63, 3.8) is 0 Å². The molecule has 0 heterocycles. The number of fused-ring (bicyclic) bond motifs is 2. The summed E-state index contributed by atoms with van der Waals surface area (Å²) < 4.78 is 0. The highest BCUT2D eigenvalue weighted by Gasteiger charge is 2.39. The maximum Gasteiger partial charge on any atom is 0.404 e. The molecule has 2 aliphatic carbocycles. The molecule has 2 fully saturated rings. The van der Waals surface area contributed by atoms with Crippen LogP contribution in [0.5, 0.6) is 0 Å². The molecule has 2 rings (SSSR count). The summed E-state index contributed by atoms with van der Waals surface area (Å²) in [6, 6.07) is 0.000463. The molecule has 0 aromatic heterocycles. The molecule has 0 aromatic carbocycles. The number of hydrogen-bond acceptors (Lipinski definition) is 2. The molecule has 0 unspecified atom stereocenters. The molecule has 2 saturated carbocycles. The van der Waals surface area contributed by atoms with E-state index in [1.807, 2.05) is 0 Å². The van der Waals surface area contributed by atoms with Crippen molar-refractivity contribution in [2.75, 3.05) is 0 Å². The number of carbonyl (C=O) groups is 2. The third kappa shape index (κ3) is 1.74. The number of rotatable bonds is 1. The van der Waals surface area contributed by atoms with E-state index in [1.54, 1.807) is 0 Å². The molecule has 4 nitrogen and oxygen atoms in total. The summed E-state index contributed by atoms with van der Waals surface area (Å²) in [5.41, 5.74) is 0. The van der Waals surface area contributed by atoms with Crippen LogP contribution >= 0.6 is 0 Å². The van der Waals surface area contributed by atoms with Gasteiger partial charge in [0.1, 0.15) is 5.78 Å². The summed E-state index contributed by atoms with van der Waals surface area (Å²) in [5, 5.41) is 11.1. The zero-order valence-electron chi connectivity index (χ0n) is 8.03. The van der Waals surface area contributed by atoms with Gasteiger partial charge in [-0.25, -0.2) is 4.79 Å². The average Bonchev–Trinajstić information content (AvgIpc) is 2.05. The Morgan fingerprint density at radius 2 is 1.86 bits per heavy atom. The molecule has 0 aromatic rings. The molecular formula is C10H15NO3. The second-order valence-electron chi connectivity index (χ2n) is 4.34. The lowest BCUT2D eigenvalue weighted by atomic mass is 9.69. The summed E-state index contributed by atoms with van der Waals surface area (Å²) in [6.45, 7) is 0. The van der Waals surface area contributed by atoms with Crippen LogP contribution < -0.4 is 5.32 Å². The van der Waals surface area contributed by atoms with E-state index < -0.39 is 6.09 Å². The van der Waals surface area contributed by atoms with Crippen molar-refractivity contribution >= 4 is 11.9 Å². The van der Waals surface area contributed by atoms with E-state index in [0.717, 1.165) is 19.3 Å². The van der Waals surface area contributed by atoms with Crippen molar-refractivity contribution in [2.24, 2.45) is 11.8 Å². The Hall–Kier alpha value is -1.06. The summed E-state index contributed by atoms with van der Waals surface area (Å²) in [6.07, 6.45) is 3.48. The molecule has 4 heteroatoms. The molecule has 2 aliphatic rings. The molecule has 2 bridgehead atoms. The molecule has 0 saturated heterocycles. The minimum absolute atomic E-state index is 0.000463. The van der Waals surface area contributed by atoms with Gasteiger partial charge in [-0.1, -0.05) is 6.42 Å². The summed E-state index contributed by atoms with van der Waals surface area (Å²) in [7, 11) is 0. The second-order valence-corrected chi connectivity index (χ2v) is 4.34. The highest BCUT2D eigenvalue weighted by atomic mass is 16.4. The van der Waals surface area contributed by atoms with E-state index in [0.29, 0.717) is 18.6 Å². The smallest absolute Gasteiger partial charge is 0.404 e. The molecule has 14 heavy (non-hydrogen) atoms. The van der Waals surface area contributed by atoms with E-state index in [9.17, 15) is 9.59 Å². The number of carbonyl (C=O) groups excluding carboxylic acids is 1. The van der Waals surface area contributed by atoms with E-state index in [4.69, 9.17) is 5.11 Å². The van der Waals surface area contributed by atoms with Crippen molar-refractivity contribution in [3.05, 3.63) is 0 Å². The first kappa shape index (κ1) is 9.49. The summed E-state index contributed by atoms with van der Waals surface area (Å²) in [4.78, 5) is 22.1. The molecular weight excluding hydrogens is 182 g/mol. The number of amides is 1. The molecule has 0 aliphatic heterocycles. The van der Waals surface area contributed by atoms with Crippen molar-refractivity contribution in [1.29, 1.82) is 0 Å². The molecule has 0 spiro atoms. The zero-order valence-corrected chi connectivity index (χ0v) is 8.03. The lowest BCUT2D eigenvalue weighted by Crippen LogP contribution is -2.46. The molecule has 78 valence electrons. The first-order valence-electron chi connectivity index (χ1n) is 5.20. The topological polar surface area (TPSA) is 66.4 Å². The fraction of sp³-hybridized carbons (Fsp3) is 0.800. The molecule has 2 N–H and O–H groups in total. The van der Waals surface area contributed by atoms with Crippen LogP contribution in [0.15, 0.2) is 0 Å². The number of nitrogens with one attached hydrogen (secondary N) is 1. The predicted octanol–water partition coefficient (Wildman–Crippen LogP) is 1.40. The van der Waals surface area contributed by atoms with Crippen LogP contribution in [-0.2, 0) is 4.79 Å². The first-order valence-corrected chi connectivity index (χ1v) is 5.20. The van der Waals surface area contributed by atoms with Gasteiger partial charge in [0.05, 0.1) is 0 Å². The van der Waals surface area contributed by atoms with Gasteiger partial charge in [-0.15, -0.1) is 0 Å². The van der Waals surface area contributed by atoms with Crippen LogP contribution in [0.1, 0.15) is 32.1 Å². The third-order valence-electron chi connectivity index (χ3n) is 3.38.